The third kappa shape index (κ3) is 2.30. The van der Waals surface area contributed by atoms with Crippen LogP contribution in [0, 0.1) is 16.7 Å². The zero-order valence-corrected chi connectivity index (χ0v) is 11.5. The predicted octanol–water partition coefficient (Wildman–Crippen LogP) is 4.14. The summed E-state index contributed by atoms with van der Waals surface area (Å²) in [4.78, 5) is 0. The van der Waals surface area contributed by atoms with Gasteiger partial charge < -0.3 is 5.11 Å². The number of aliphatic hydroxyl groups is 1. The van der Waals surface area contributed by atoms with Gasteiger partial charge in [0.2, 0.25) is 0 Å². The Labute approximate surface area is 101 Å². The van der Waals surface area contributed by atoms with Crippen LogP contribution in [-0.4, -0.2) is 10.7 Å². The summed E-state index contributed by atoms with van der Waals surface area (Å²) in [5.41, 5.74) is 0.397. The fourth-order valence-corrected chi connectivity index (χ4v) is 4.48. The van der Waals surface area contributed by atoms with Gasteiger partial charge in [0.05, 0.1) is 5.60 Å². The second-order valence-electron chi connectivity index (χ2n) is 7.73. The Morgan fingerprint density at radius 1 is 1.00 bits per heavy atom. The highest BCUT2D eigenvalue weighted by molar-refractivity contribution is 4.99. The van der Waals surface area contributed by atoms with Crippen molar-refractivity contribution in [1.29, 1.82) is 0 Å². The van der Waals surface area contributed by atoms with E-state index in [1.165, 1.54) is 32.1 Å². The van der Waals surface area contributed by atoms with Crippen LogP contribution in [-0.2, 0) is 0 Å². The van der Waals surface area contributed by atoms with E-state index in [9.17, 15) is 5.11 Å². The van der Waals surface area contributed by atoms with E-state index in [2.05, 4.69) is 27.7 Å². The summed E-state index contributed by atoms with van der Waals surface area (Å²) < 4.78 is 0. The Bertz CT molecular complexity index is 271. The minimum Gasteiger partial charge on any atom is -0.390 e. The average Bonchev–Trinajstić information content (AvgIpc) is 2.18. The van der Waals surface area contributed by atoms with Crippen molar-refractivity contribution in [2.75, 3.05) is 0 Å². The lowest BCUT2D eigenvalue weighted by atomic mass is 9.71. The summed E-state index contributed by atoms with van der Waals surface area (Å²) in [6.07, 6.45) is 8.40. The molecule has 2 rings (SSSR count). The van der Waals surface area contributed by atoms with E-state index < -0.39 is 0 Å². The van der Waals surface area contributed by atoms with E-state index in [0.29, 0.717) is 16.7 Å². The molecule has 0 heterocycles. The van der Waals surface area contributed by atoms with Gasteiger partial charge in [0.15, 0.2) is 0 Å². The molecular weight excluding hydrogens is 196 g/mol. The first-order valence-corrected chi connectivity index (χ1v) is 6.97. The van der Waals surface area contributed by atoms with Crippen LogP contribution in [0.1, 0.15) is 72.6 Å². The molecule has 3 atom stereocenters. The summed E-state index contributed by atoms with van der Waals surface area (Å²) in [6, 6.07) is 0. The highest BCUT2D eigenvalue weighted by atomic mass is 16.3. The third-order valence-corrected chi connectivity index (χ3v) is 5.19. The number of fused-ring (bicyclic) bond motifs is 3. The van der Waals surface area contributed by atoms with Crippen molar-refractivity contribution in [3.05, 3.63) is 0 Å². The van der Waals surface area contributed by atoms with Gasteiger partial charge in [0.25, 0.3) is 0 Å². The Morgan fingerprint density at radius 2 is 1.69 bits per heavy atom. The molecule has 0 aromatic carbocycles. The Balaban J connectivity index is 2.33. The molecule has 0 aliphatic heterocycles. The van der Waals surface area contributed by atoms with Gasteiger partial charge in [-0.2, -0.15) is 0 Å². The van der Waals surface area contributed by atoms with Gasteiger partial charge in [0.1, 0.15) is 0 Å². The third-order valence-electron chi connectivity index (χ3n) is 5.19. The molecule has 2 aliphatic carbocycles. The first-order valence-electron chi connectivity index (χ1n) is 6.97. The van der Waals surface area contributed by atoms with Gasteiger partial charge in [-0.15, -0.1) is 0 Å². The van der Waals surface area contributed by atoms with Gasteiger partial charge in [-0.05, 0) is 55.3 Å². The van der Waals surface area contributed by atoms with Gasteiger partial charge in [-0.25, -0.2) is 0 Å². The molecule has 0 aromatic heterocycles. The average molecular weight is 224 g/mol. The molecule has 0 radical (unpaired) electrons. The maximum absolute atomic E-state index is 10.9. The van der Waals surface area contributed by atoms with Gasteiger partial charge in [-0.1, -0.05) is 34.1 Å². The highest BCUT2D eigenvalue weighted by Crippen LogP contribution is 2.53. The smallest absolute Gasteiger partial charge is 0.0678 e. The normalized spacial score (nSPS) is 48.2. The first-order chi connectivity index (χ1) is 7.25. The number of hydrogen-bond donors (Lipinski definition) is 1. The summed E-state index contributed by atoms with van der Waals surface area (Å²) in [6.45, 7) is 9.39. The molecule has 2 aliphatic rings. The maximum atomic E-state index is 10.9. The lowest BCUT2D eigenvalue weighted by Crippen LogP contribution is -2.39. The molecule has 1 heteroatoms. The van der Waals surface area contributed by atoms with Crippen LogP contribution in [0.3, 0.4) is 0 Å². The Hall–Kier alpha value is -0.0400. The van der Waals surface area contributed by atoms with Crippen molar-refractivity contribution in [3.8, 4) is 0 Å². The van der Waals surface area contributed by atoms with Crippen molar-refractivity contribution in [2.24, 2.45) is 16.7 Å². The molecule has 16 heavy (non-hydrogen) atoms. The molecule has 2 saturated carbocycles. The molecular formula is C15H28O. The van der Waals surface area contributed by atoms with Crippen molar-refractivity contribution in [2.45, 2.75) is 78.2 Å². The lowest BCUT2D eigenvalue weighted by Gasteiger charge is -2.38. The standard InChI is InChI=1S/C15H28O/c1-12-6-5-7-14(4)8-9-15(12,16)11-13(2,3)10-14/h12,16H,5-11H2,1-4H3/t12-,14+,15?/m1/s1. The number of hydrogen-bond acceptors (Lipinski definition) is 1. The fourth-order valence-electron chi connectivity index (χ4n) is 4.48. The van der Waals surface area contributed by atoms with Gasteiger partial charge >= 0.3 is 0 Å². The molecule has 2 bridgehead atoms. The van der Waals surface area contributed by atoms with E-state index in [0.717, 1.165) is 12.8 Å². The van der Waals surface area contributed by atoms with Crippen LogP contribution >= 0.6 is 0 Å². The van der Waals surface area contributed by atoms with E-state index in [1.54, 1.807) is 0 Å². The molecule has 1 unspecified atom stereocenters. The topological polar surface area (TPSA) is 20.2 Å². The molecule has 0 spiro atoms. The van der Waals surface area contributed by atoms with E-state index in [-0.39, 0.29) is 5.60 Å². The quantitative estimate of drug-likeness (QED) is 0.655. The van der Waals surface area contributed by atoms with Crippen molar-refractivity contribution in [1.82, 2.24) is 0 Å². The van der Waals surface area contributed by atoms with E-state index in [1.807, 2.05) is 0 Å². The van der Waals surface area contributed by atoms with Crippen LogP contribution in [0.2, 0.25) is 0 Å². The second-order valence-corrected chi connectivity index (χ2v) is 7.73. The summed E-state index contributed by atoms with van der Waals surface area (Å²) in [5, 5.41) is 10.9. The molecule has 1 nitrogen and oxygen atoms in total. The molecule has 2 fully saturated rings. The highest BCUT2D eigenvalue weighted by Gasteiger charge is 2.47. The zero-order chi connectivity index (χ0) is 12.0. The maximum Gasteiger partial charge on any atom is 0.0678 e. The van der Waals surface area contributed by atoms with Gasteiger partial charge in [0, 0.05) is 0 Å². The van der Waals surface area contributed by atoms with Gasteiger partial charge in [-0.3, -0.25) is 0 Å². The van der Waals surface area contributed by atoms with Crippen LogP contribution in [0.4, 0.5) is 0 Å². The second kappa shape index (κ2) is 3.73. The minimum atomic E-state index is -0.387. The molecule has 0 aromatic rings. The largest absolute Gasteiger partial charge is 0.390 e. The Morgan fingerprint density at radius 3 is 2.38 bits per heavy atom. The van der Waals surface area contributed by atoms with Crippen molar-refractivity contribution >= 4 is 0 Å². The van der Waals surface area contributed by atoms with E-state index in [4.69, 9.17) is 0 Å². The predicted molar refractivity (Wildman–Crippen MR) is 68.3 cm³/mol. The van der Waals surface area contributed by atoms with Crippen LogP contribution in [0.5, 0.6) is 0 Å². The molecule has 0 amide bonds. The summed E-state index contributed by atoms with van der Waals surface area (Å²) in [7, 11) is 0. The van der Waals surface area contributed by atoms with Crippen molar-refractivity contribution in [3.63, 3.8) is 0 Å². The minimum absolute atomic E-state index is 0.304. The van der Waals surface area contributed by atoms with Crippen LogP contribution < -0.4 is 0 Å². The fraction of sp³-hybridized carbons (Fsp3) is 1.00. The SMILES string of the molecule is C[C@@H]1CCC[C@@]2(C)CCC1(O)CC(C)(C)C2. The summed E-state index contributed by atoms with van der Waals surface area (Å²) >= 11 is 0. The van der Waals surface area contributed by atoms with Crippen LogP contribution in [0.15, 0.2) is 0 Å². The Kier molecular flexibility index (Phi) is 2.89. The first kappa shape index (κ1) is 12.4. The van der Waals surface area contributed by atoms with Crippen molar-refractivity contribution < 1.29 is 5.11 Å². The van der Waals surface area contributed by atoms with Crippen LogP contribution in [0.25, 0.3) is 0 Å². The molecule has 1 N–H and O–H groups in total. The molecule has 0 saturated heterocycles. The van der Waals surface area contributed by atoms with E-state index >= 15 is 0 Å². The molecule has 94 valence electrons. The zero-order valence-electron chi connectivity index (χ0n) is 11.5. The lowest BCUT2D eigenvalue weighted by molar-refractivity contribution is -0.0522. The monoisotopic (exact) mass is 224 g/mol. The number of rotatable bonds is 0. The summed E-state index contributed by atoms with van der Waals surface area (Å²) in [5.74, 6) is 0.481.